The molecule has 1 fully saturated rings. The third kappa shape index (κ3) is 2.61. The molecule has 0 aromatic heterocycles. The molecular formula is C10H14BrCl3. The molecule has 0 unspecified atom stereocenters. The first-order valence-electron chi connectivity index (χ1n) is 4.57. The predicted octanol–water partition coefficient (Wildman–Crippen LogP) is 4.91. The van der Waals surface area contributed by atoms with Gasteiger partial charge < -0.3 is 0 Å². The van der Waals surface area contributed by atoms with E-state index in [4.69, 9.17) is 34.8 Å². The topological polar surface area (TPSA) is 0 Å². The lowest BCUT2D eigenvalue weighted by molar-refractivity contribution is 0.260. The summed E-state index contributed by atoms with van der Waals surface area (Å²) in [7, 11) is 0. The summed E-state index contributed by atoms with van der Waals surface area (Å²) in [5, 5.41) is 0.00495. The van der Waals surface area contributed by atoms with E-state index in [2.05, 4.69) is 22.9 Å². The van der Waals surface area contributed by atoms with Crippen LogP contribution in [-0.4, -0.2) is 15.1 Å². The number of allylic oxidation sites excluding steroid dienone is 1. The van der Waals surface area contributed by atoms with Gasteiger partial charge in [-0.05, 0) is 19.8 Å². The lowest BCUT2D eigenvalue weighted by atomic mass is 9.71. The molecule has 82 valence electrons. The Bertz CT molecular complexity index is 240. The van der Waals surface area contributed by atoms with Crippen LogP contribution in [0.5, 0.6) is 0 Å². The van der Waals surface area contributed by atoms with Crippen molar-refractivity contribution >= 4 is 50.7 Å². The number of hydrogen-bond donors (Lipinski definition) is 0. The molecule has 0 nitrogen and oxygen atoms in total. The predicted molar refractivity (Wildman–Crippen MR) is 68.9 cm³/mol. The monoisotopic (exact) mass is 318 g/mol. The summed E-state index contributed by atoms with van der Waals surface area (Å²) in [6.45, 7) is 4.14. The molecule has 0 saturated heterocycles. The van der Waals surface area contributed by atoms with Crippen molar-refractivity contribution in [3.63, 3.8) is 0 Å². The molecule has 1 rings (SSSR count). The van der Waals surface area contributed by atoms with Gasteiger partial charge in [0.2, 0.25) is 0 Å². The zero-order valence-corrected chi connectivity index (χ0v) is 12.1. The van der Waals surface area contributed by atoms with Crippen LogP contribution in [0.1, 0.15) is 26.7 Å². The first kappa shape index (κ1) is 13.2. The first-order valence-corrected chi connectivity index (χ1v) is 6.73. The van der Waals surface area contributed by atoms with Crippen molar-refractivity contribution in [1.82, 2.24) is 0 Å². The fraction of sp³-hybridized carbons (Fsp3) is 0.800. The standard InChI is InChI=1S/C10H14BrCl3/c1-9(3-4-12)6-10(2,14)8(13)5-7(9)11/h3-4,7-8H,5-6H2,1-2H3/b4-3+/t7-,8+,9+,10+/m1/s1. The molecule has 1 aliphatic rings. The van der Waals surface area contributed by atoms with Crippen molar-refractivity contribution in [1.29, 1.82) is 0 Å². The lowest BCUT2D eigenvalue weighted by Gasteiger charge is -2.46. The van der Waals surface area contributed by atoms with Gasteiger partial charge in [0.25, 0.3) is 0 Å². The summed E-state index contributed by atoms with van der Waals surface area (Å²) < 4.78 is 0. The maximum atomic E-state index is 6.38. The van der Waals surface area contributed by atoms with Gasteiger partial charge in [-0.25, -0.2) is 0 Å². The van der Waals surface area contributed by atoms with E-state index in [1.165, 1.54) is 0 Å². The van der Waals surface area contributed by atoms with E-state index in [0.29, 0.717) is 4.83 Å². The van der Waals surface area contributed by atoms with Crippen LogP contribution in [0.15, 0.2) is 11.6 Å². The van der Waals surface area contributed by atoms with Gasteiger partial charge in [-0.1, -0.05) is 40.5 Å². The van der Waals surface area contributed by atoms with Crippen LogP contribution >= 0.6 is 50.7 Å². The van der Waals surface area contributed by atoms with Gasteiger partial charge >= 0.3 is 0 Å². The van der Waals surface area contributed by atoms with Crippen LogP contribution in [0.4, 0.5) is 0 Å². The number of halogens is 4. The molecule has 14 heavy (non-hydrogen) atoms. The van der Waals surface area contributed by atoms with Gasteiger partial charge in [-0.3, -0.25) is 0 Å². The normalized spacial score (nSPS) is 49.9. The number of rotatable bonds is 1. The Morgan fingerprint density at radius 1 is 1.43 bits per heavy atom. The lowest BCUT2D eigenvalue weighted by Crippen LogP contribution is -2.46. The summed E-state index contributed by atoms with van der Waals surface area (Å²) in [5.41, 5.74) is 1.55. The van der Waals surface area contributed by atoms with Gasteiger partial charge in [-0.2, -0.15) is 0 Å². The van der Waals surface area contributed by atoms with E-state index in [0.717, 1.165) is 12.8 Å². The highest BCUT2D eigenvalue weighted by Gasteiger charge is 2.47. The highest BCUT2D eigenvalue weighted by Crippen LogP contribution is 2.50. The van der Waals surface area contributed by atoms with Crippen LogP contribution in [0.2, 0.25) is 0 Å². The molecule has 0 N–H and O–H groups in total. The van der Waals surface area contributed by atoms with E-state index in [1.807, 2.05) is 13.0 Å². The van der Waals surface area contributed by atoms with Gasteiger partial charge in [0.15, 0.2) is 0 Å². The molecule has 0 heterocycles. The number of hydrogen-bond acceptors (Lipinski definition) is 0. The van der Waals surface area contributed by atoms with Crippen LogP contribution in [-0.2, 0) is 0 Å². The van der Waals surface area contributed by atoms with E-state index >= 15 is 0 Å². The van der Waals surface area contributed by atoms with Crippen molar-refractivity contribution in [3.05, 3.63) is 11.6 Å². The van der Waals surface area contributed by atoms with E-state index < -0.39 is 0 Å². The quantitative estimate of drug-likeness (QED) is 0.602. The molecular weight excluding hydrogens is 306 g/mol. The zero-order chi connectivity index (χ0) is 11.0. The van der Waals surface area contributed by atoms with Crippen LogP contribution in [0.3, 0.4) is 0 Å². The Morgan fingerprint density at radius 3 is 2.50 bits per heavy atom. The Kier molecular flexibility index (Phi) is 4.26. The van der Waals surface area contributed by atoms with Crippen LogP contribution in [0, 0.1) is 5.41 Å². The highest BCUT2D eigenvalue weighted by atomic mass is 79.9. The summed E-state index contributed by atoms with van der Waals surface area (Å²) >= 11 is 21.9. The van der Waals surface area contributed by atoms with Gasteiger partial charge in [-0.15, -0.1) is 23.2 Å². The Morgan fingerprint density at radius 2 is 2.00 bits per heavy atom. The van der Waals surface area contributed by atoms with E-state index in [-0.39, 0.29) is 15.7 Å². The minimum Gasteiger partial charge on any atom is -0.121 e. The van der Waals surface area contributed by atoms with E-state index in [1.54, 1.807) is 5.54 Å². The van der Waals surface area contributed by atoms with Crippen LogP contribution < -0.4 is 0 Å². The third-order valence-corrected chi connectivity index (χ3v) is 5.67. The maximum absolute atomic E-state index is 6.38. The summed E-state index contributed by atoms with van der Waals surface area (Å²) in [6.07, 6.45) is 3.69. The van der Waals surface area contributed by atoms with Gasteiger partial charge in [0, 0.05) is 15.8 Å². The second-order valence-electron chi connectivity index (χ2n) is 4.42. The average Bonchev–Trinajstić information content (AvgIpc) is 2.01. The minimum atomic E-state index is -0.350. The van der Waals surface area contributed by atoms with E-state index in [9.17, 15) is 0 Å². The van der Waals surface area contributed by atoms with Gasteiger partial charge in [0.1, 0.15) is 0 Å². The smallest absolute Gasteiger partial charge is 0.0590 e. The minimum absolute atomic E-state index is 0.00495. The molecule has 4 heteroatoms. The molecule has 1 saturated carbocycles. The molecule has 0 aliphatic heterocycles. The molecule has 0 bridgehead atoms. The van der Waals surface area contributed by atoms with Gasteiger partial charge in [0.05, 0.1) is 10.3 Å². The number of alkyl halides is 3. The molecule has 0 amide bonds. The largest absolute Gasteiger partial charge is 0.121 e. The van der Waals surface area contributed by atoms with Crippen molar-refractivity contribution in [2.45, 2.75) is 41.8 Å². The molecule has 0 aromatic rings. The first-order chi connectivity index (χ1) is 6.32. The second-order valence-corrected chi connectivity index (χ2v) is 7.17. The molecule has 0 aromatic carbocycles. The molecule has 4 atom stereocenters. The third-order valence-electron chi connectivity index (χ3n) is 2.95. The Balaban J connectivity index is 2.89. The second kappa shape index (κ2) is 4.53. The average molecular weight is 320 g/mol. The zero-order valence-electron chi connectivity index (χ0n) is 8.24. The SMILES string of the molecule is C[C@]1(Cl)C[C@](C)(/C=C/Cl)[C@H](Br)C[C@@H]1Cl. The highest BCUT2D eigenvalue weighted by molar-refractivity contribution is 9.09. The Hall–Kier alpha value is 1.09. The fourth-order valence-corrected chi connectivity index (χ4v) is 3.79. The fourth-order valence-electron chi connectivity index (χ4n) is 1.97. The van der Waals surface area contributed by atoms with Crippen molar-refractivity contribution in [2.24, 2.45) is 5.41 Å². The molecule has 0 spiro atoms. The van der Waals surface area contributed by atoms with Crippen molar-refractivity contribution < 1.29 is 0 Å². The Labute approximate surface area is 109 Å². The van der Waals surface area contributed by atoms with Crippen LogP contribution in [0.25, 0.3) is 0 Å². The molecule has 0 radical (unpaired) electrons. The summed E-state index contributed by atoms with van der Waals surface area (Å²) in [4.78, 5) is -0.0175. The summed E-state index contributed by atoms with van der Waals surface area (Å²) in [6, 6.07) is 0. The molecule has 1 aliphatic carbocycles. The van der Waals surface area contributed by atoms with Crippen molar-refractivity contribution in [2.75, 3.05) is 0 Å². The summed E-state index contributed by atoms with van der Waals surface area (Å²) in [5.74, 6) is 0. The van der Waals surface area contributed by atoms with Crippen molar-refractivity contribution in [3.8, 4) is 0 Å². The maximum Gasteiger partial charge on any atom is 0.0590 e.